The van der Waals surface area contributed by atoms with E-state index in [2.05, 4.69) is 45.7 Å². The number of nitrogens with zero attached hydrogens (tertiary/aromatic N) is 3. The zero-order valence-electron chi connectivity index (χ0n) is 17.8. The monoisotopic (exact) mass is 541 g/mol. The number of thiazole rings is 1. The normalized spacial score (nSPS) is 13.4. The molecule has 2 N–H and O–H groups in total. The highest BCUT2D eigenvalue weighted by atomic mass is 127. The molecular formula is C22H32IN5OS. The van der Waals surface area contributed by atoms with Crippen LogP contribution in [0.5, 0.6) is 0 Å². The number of aryl methyl sites for hydroxylation is 1. The van der Waals surface area contributed by atoms with Crippen LogP contribution in [0.4, 0.5) is 0 Å². The molecule has 1 aliphatic rings. The molecule has 1 amide bonds. The number of hydrogen-bond donors (Lipinski definition) is 2. The fourth-order valence-electron chi connectivity index (χ4n) is 3.45. The van der Waals surface area contributed by atoms with Gasteiger partial charge < -0.3 is 15.5 Å². The number of amides is 1. The molecule has 0 spiro atoms. The number of fused-ring (bicyclic) bond motifs is 1. The predicted octanol–water partition coefficient (Wildman–Crippen LogP) is 3.40. The first-order valence-corrected chi connectivity index (χ1v) is 11.2. The minimum Gasteiger partial charge on any atom is -0.356 e. The van der Waals surface area contributed by atoms with Crippen molar-refractivity contribution in [3.05, 3.63) is 51.5 Å². The van der Waals surface area contributed by atoms with Gasteiger partial charge in [0.2, 0.25) is 5.91 Å². The highest BCUT2D eigenvalue weighted by molar-refractivity contribution is 14.0. The van der Waals surface area contributed by atoms with Gasteiger partial charge in [-0.2, -0.15) is 0 Å². The average molecular weight is 542 g/mol. The topological polar surface area (TPSA) is 69.6 Å². The van der Waals surface area contributed by atoms with Crippen LogP contribution in [-0.2, 0) is 30.6 Å². The van der Waals surface area contributed by atoms with Crippen LogP contribution in [-0.4, -0.2) is 48.4 Å². The third kappa shape index (κ3) is 7.23. The van der Waals surface area contributed by atoms with Crippen LogP contribution in [0.15, 0.2) is 35.5 Å². The lowest BCUT2D eigenvalue weighted by molar-refractivity contribution is -0.132. The molecule has 0 bridgehead atoms. The summed E-state index contributed by atoms with van der Waals surface area (Å²) >= 11 is 1.77. The molecule has 2 aromatic rings. The van der Waals surface area contributed by atoms with E-state index in [-0.39, 0.29) is 29.9 Å². The second-order valence-electron chi connectivity index (χ2n) is 7.19. The van der Waals surface area contributed by atoms with Crippen molar-refractivity contribution in [2.24, 2.45) is 4.99 Å². The minimum absolute atomic E-state index is 0. The quantitative estimate of drug-likeness (QED) is 0.233. The van der Waals surface area contributed by atoms with E-state index in [0.29, 0.717) is 6.42 Å². The van der Waals surface area contributed by atoms with Gasteiger partial charge in [-0.25, -0.2) is 4.98 Å². The Balaban J connectivity index is 0.00000320. The Bertz CT molecular complexity index is 838. The molecule has 0 aliphatic carbocycles. The lowest BCUT2D eigenvalue weighted by Gasteiger charge is -2.29. The third-order valence-electron chi connectivity index (χ3n) is 5.15. The van der Waals surface area contributed by atoms with E-state index in [0.717, 1.165) is 62.8 Å². The molecule has 0 unspecified atom stereocenters. The van der Waals surface area contributed by atoms with Gasteiger partial charge in [0.15, 0.2) is 5.96 Å². The van der Waals surface area contributed by atoms with Crippen molar-refractivity contribution < 1.29 is 4.79 Å². The summed E-state index contributed by atoms with van der Waals surface area (Å²) < 4.78 is 0. The predicted molar refractivity (Wildman–Crippen MR) is 135 cm³/mol. The number of halogens is 1. The van der Waals surface area contributed by atoms with Crippen molar-refractivity contribution in [2.45, 2.75) is 45.6 Å². The van der Waals surface area contributed by atoms with Crippen molar-refractivity contribution in [1.29, 1.82) is 0 Å². The van der Waals surface area contributed by atoms with Gasteiger partial charge in [0, 0.05) is 57.1 Å². The molecule has 1 aliphatic heterocycles. The van der Waals surface area contributed by atoms with Gasteiger partial charge in [-0.3, -0.25) is 9.79 Å². The Labute approximate surface area is 200 Å². The van der Waals surface area contributed by atoms with E-state index in [4.69, 9.17) is 0 Å². The Morgan fingerprint density at radius 3 is 2.73 bits per heavy atom. The number of carbonyl (C=O) groups excluding carboxylic acids is 1. The number of guanidine groups is 1. The summed E-state index contributed by atoms with van der Waals surface area (Å²) in [5.41, 5.74) is 2.65. The molecule has 0 fully saturated rings. The van der Waals surface area contributed by atoms with Crippen molar-refractivity contribution in [2.75, 3.05) is 26.7 Å². The molecule has 1 aromatic carbocycles. The molecule has 1 aromatic heterocycles. The SMILES string of the molecule is CCc1cnc(CCNC(=NC)NCCCC(=O)N2CCc3ccccc3C2)s1.I. The Morgan fingerprint density at radius 1 is 1.23 bits per heavy atom. The summed E-state index contributed by atoms with van der Waals surface area (Å²) in [6.07, 6.45) is 6.20. The Hall–Kier alpha value is -1.68. The van der Waals surface area contributed by atoms with Gasteiger partial charge in [-0.05, 0) is 30.4 Å². The van der Waals surface area contributed by atoms with Crippen molar-refractivity contribution in [1.82, 2.24) is 20.5 Å². The van der Waals surface area contributed by atoms with Crippen LogP contribution in [0.2, 0.25) is 0 Å². The average Bonchev–Trinajstić information content (AvgIpc) is 3.22. The summed E-state index contributed by atoms with van der Waals surface area (Å²) in [6, 6.07) is 8.41. The fourth-order valence-corrected chi connectivity index (χ4v) is 4.31. The summed E-state index contributed by atoms with van der Waals surface area (Å²) in [5, 5.41) is 7.77. The lowest BCUT2D eigenvalue weighted by atomic mass is 9.99. The smallest absolute Gasteiger partial charge is 0.222 e. The van der Waals surface area contributed by atoms with Crippen LogP contribution in [0.25, 0.3) is 0 Å². The van der Waals surface area contributed by atoms with Crippen LogP contribution in [0.3, 0.4) is 0 Å². The number of rotatable bonds is 8. The maximum Gasteiger partial charge on any atom is 0.222 e. The molecule has 6 nitrogen and oxygen atoms in total. The number of benzene rings is 1. The first-order chi connectivity index (χ1) is 14.2. The first-order valence-electron chi connectivity index (χ1n) is 10.4. The summed E-state index contributed by atoms with van der Waals surface area (Å²) in [5.74, 6) is 1.01. The third-order valence-corrected chi connectivity index (χ3v) is 6.35. The molecule has 0 saturated carbocycles. The Morgan fingerprint density at radius 2 is 2.00 bits per heavy atom. The lowest BCUT2D eigenvalue weighted by Crippen LogP contribution is -2.39. The van der Waals surface area contributed by atoms with E-state index >= 15 is 0 Å². The summed E-state index contributed by atoms with van der Waals surface area (Å²) in [6.45, 7) is 5.23. The molecule has 2 heterocycles. The largest absolute Gasteiger partial charge is 0.356 e. The number of hydrogen-bond acceptors (Lipinski definition) is 4. The maximum absolute atomic E-state index is 12.5. The van der Waals surface area contributed by atoms with E-state index in [1.54, 1.807) is 18.4 Å². The molecule has 8 heteroatoms. The molecule has 0 atom stereocenters. The van der Waals surface area contributed by atoms with Gasteiger partial charge in [-0.1, -0.05) is 31.2 Å². The van der Waals surface area contributed by atoms with E-state index < -0.39 is 0 Å². The molecule has 0 radical (unpaired) electrons. The van der Waals surface area contributed by atoms with E-state index in [1.165, 1.54) is 16.0 Å². The zero-order chi connectivity index (χ0) is 20.5. The molecule has 30 heavy (non-hydrogen) atoms. The number of aromatic nitrogens is 1. The first kappa shape index (κ1) is 24.6. The van der Waals surface area contributed by atoms with Crippen LogP contribution < -0.4 is 10.6 Å². The molecular weight excluding hydrogens is 509 g/mol. The summed E-state index contributed by atoms with van der Waals surface area (Å²) in [4.78, 5) is 24.5. The van der Waals surface area contributed by atoms with Gasteiger partial charge >= 0.3 is 0 Å². The molecule has 164 valence electrons. The minimum atomic E-state index is 0. The Kier molecular flexibility index (Phi) is 10.6. The van der Waals surface area contributed by atoms with Gasteiger partial charge in [0.05, 0.1) is 5.01 Å². The molecule has 0 saturated heterocycles. The second kappa shape index (κ2) is 12.9. The van der Waals surface area contributed by atoms with E-state index in [9.17, 15) is 4.79 Å². The fraction of sp³-hybridized carbons (Fsp3) is 0.500. The highest BCUT2D eigenvalue weighted by Crippen LogP contribution is 2.19. The van der Waals surface area contributed by atoms with Crippen molar-refractivity contribution >= 4 is 47.2 Å². The molecule has 3 rings (SSSR count). The van der Waals surface area contributed by atoms with Crippen LogP contribution >= 0.6 is 35.3 Å². The van der Waals surface area contributed by atoms with Gasteiger partial charge in [0.1, 0.15) is 0 Å². The standard InChI is InChI=1S/C22H31N5OS.HI/c1-3-19-15-26-20(29-19)10-13-25-22(23-2)24-12-6-9-21(28)27-14-11-17-7-4-5-8-18(17)16-27;/h4-5,7-8,15H,3,6,9-14,16H2,1-2H3,(H2,23,24,25);1H. The highest BCUT2D eigenvalue weighted by Gasteiger charge is 2.19. The van der Waals surface area contributed by atoms with Crippen molar-refractivity contribution in [3.63, 3.8) is 0 Å². The van der Waals surface area contributed by atoms with Crippen LogP contribution in [0, 0.1) is 0 Å². The number of carbonyl (C=O) groups is 1. The van der Waals surface area contributed by atoms with Crippen LogP contribution in [0.1, 0.15) is 40.8 Å². The van der Waals surface area contributed by atoms with Gasteiger partial charge in [0.25, 0.3) is 0 Å². The second-order valence-corrected chi connectivity index (χ2v) is 8.39. The number of nitrogens with one attached hydrogen (secondary N) is 2. The van der Waals surface area contributed by atoms with E-state index in [1.807, 2.05) is 17.2 Å². The van der Waals surface area contributed by atoms with Gasteiger partial charge in [-0.15, -0.1) is 35.3 Å². The maximum atomic E-state index is 12.5. The van der Waals surface area contributed by atoms with Crippen molar-refractivity contribution in [3.8, 4) is 0 Å². The summed E-state index contributed by atoms with van der Waals surface area (Å²) in [7, 11) is 1.77. The number of aliphatic imine (C=N–C) groups is 1. The zero-order valence-corrected chi connectivity index (χ0v) is 21.0.